The summed E-state index contributed by atoms with van der Waals surface area (Å²) in [6.07, 6.45) is 3.20. The lowest BCUT2D eigenvalue weighted by Gasteiger charge is -1.98. The van der Waals surface area contributed by atoms with Gasteiger partial charge in [0.2, 0.25) is 0 Å². The zero-order chi connectivity index (χ0) is 8.55. The van der Waals surface area contributed by atoms with E-state index in [0.29, 0.717) is 11.3 Å². The summed E-state index contributed by atoms with van der Waals surface area (Å²) in [5.74, 6) is 0.431. The molecule has 0 fully saturated rings. The summed E-state index contributed by atoms with van der Waals surface area (Å²) in [4.78, 5) is 12.0. The molecule has 2 aromatic rings. The molecule has 0 bridgehead atoms. The number of nitrogens with zero attached hydrogens (tertiary/aromatic N) is 3. The molecule has 0 amide bonds. The summed E-state index contributed by atoms with van der Waals surface area (Å²) >= 11 is 0. The molecule has 12 heavy (non-hydrogen) atoms. The van der Waals surface area contributed by atoms with Gasteiger partial charge in [-0.3, -0.25) is 4.98 Å². The fourth-order valence-corrected chi connectivity index (χ4v) is 1.06. The van der Waals surface area contributed by atoms with Crippen LogP contribution in [-0.2, 0) is 0 Å². The van der Waals surface area contributed by atoms with Crippen LogP contribution in [0.15, 0.2) is 18.6 Å². The highest BCUT2D eigenvalue weighted by molar-refractivity contribution is 5.83. The van der Waals surface area contributed by atoms with Crippen molar-refractivity contribution >= 4 is 16.9 Å². The summed E-state index contributed by atoms with van der Waals surface area (Å²) in [6.45, 7) is 1.96. The van der Waals surface area contributed by atoms with E-state index in [1.165, 1.54) is 6.33 Å². The Kier molecular flexibility index (Phi) is 1.40. The van der Waals surface area contributed by atoms with Crippen LogP contribution in [0.3, 0.4) is 0 Å². The van der Waals surface area contributed by atoms with E-state index in [1.807, 2.05) is 13.0 Å². The average molecular weight is 160 g/mol. The van der Waals surface area contributed by atoms with E-state index in [4.69, 9.17) is 5.73 Å². The summed E-state index contributed by atoms with van der Waals surface area (Å²) in [5, 5.41) is 0. The maximum absolute atomic E-state index is 5.59. The van der Waals surface area contributed by atoms with Gasteiger partial charge in [-0.25, -0.2) is 9.97 Å². The van der Waals surface area contributed by atoms with E-state index < -0.39 is 0 Å². The molecule has 60 valence electrons. The molecular weight excluding hydrogens is 152 g/mol. The molecule has 4 nitrogen and oxygen atoms in total. The van der Waals surface area contributed by atoms with E-state index in [2.05, 4.69) is 15.0 Å². The van der Waals surface area contributed by atoms with E-state index in [0.717, 1.165) is 11.1 Å². The van der Waals surface area contributed by atoms with Crippen LogP contribution < -0.4 is 5.73 Å². The second-order valence-electron chi connectivity index (χ2n) is 2.64. The van der Waals surface area contributed by atoms with Crippen LogP contribution in [0.1, 0.15) is 5.56 Å². The summed E-state index contributed by atoms with van der Waals surface area (Å²) < 4.78 is 0. The number of aryl methyl sites for hydroxylation is 1. The van der Waals surface area contributed by atoms with Gasteiger partial charge in [0, 0.05) is 6.20 Å². The van der Waals surface area contributed by atoms with E-state index in [1.54, 1.807) is 6.20 Å². The van der Waals surface area contributed by atoms with Crippen molar-refractivity contribution in [3.63, 3.8) is 0 Å². The van der Waals surface area contributed by atoms with Crippen molar-refractivity contribution < 1.29 is 0 Å². The van der Waals surface area contributed by atoms with E-state index >= 15 is 0 Å². The highest BCUT2D eigenvalue weighted by Gasteiger charge is 1.99. The smallest absolute Gasteiger partial charge is 0.153 e. The number of rotatable bonds is 0. The summed E-state index contributed by atoms with van der Waals surface area (Å²) in [5.41, 5.74) is 8.13. The Morgan fingerprint density at radius 3 is 2.92 bits per heavy atom. The molecule has 4 heteroatoms. The molecule has 0 radical (unpaired) electrons. The minimum Gasteiger partial charge on any atom is -0.382 e. The van der Waals surface area contributed by atoms with Crippen LogP contribution >= 0.6 is 0 Å². The minimum atomic E-state index is 0.431. The van der Waals surface area contributed by atoms with Gasteiger partial charge in [-0.2, -0.15) is 0 Å². The fourth-order valence-electron chi connectivity index (χ4n) is 1.06. The van der Waals surface area contributed by atoms with Crippen LogP contribution in [0.5, 0.6) is 0 Å². The summed E-state index contributed by atoms with van der Waals surface area (Å²) in [6, 6.07) is 1.93. The number of nitrogens with two attached hydrogens (primary N) is 1. The highest BCUT2D eigenvalue weighted by atomic mass is 14.9. The van der Waals surface area contributed by atoms with Gasteiger partial charge in [0.15, 0.2) is 5.82 Å². The molecule has 0 saturated carbocycles. The zero-order valence-electron chi connectivity index (χ0n) is 6.65. The van der Waals surface area contributed by atoms with Gasteiger partial charge in [-0.1, -0.05) is 0 Å². The van der Waals surface area contributed by atoms with E-state index in [-0.39, 0.29) is 0 Å². The first kappa shape index (κ1) is 6.97. The van der Waals surface area contributed by atoms with Gasteiger partial charge < -0.3 is 5.73 Å². The second kappa shape index (κ2) is 2.41. The first-order valence-corrected chi connectivity index (χ1v) is 3.60. The molecule has 0 atom stereocenters. The Morgan fingerprint density at radius 2 is 2.08 bits per heavy atom. The number of nitrogen functional groups attached to an aromatic ring is 1. The maximum Gasteiger partial charge on any atom is 0.153 e. The minimum absolute atomic E-state index is 0.431. The molecule has 0 spiro atoms. The zero-order valence-corrected chi connectivity index (χ0v) is 6.65. The third kappa shape index (κ3) is 0.972. The predicted octanol–water partition coefficient (Wildman–Crippen LogP) is 0.915. The van der Waals surface area contributed by atoms with E-state index in [9.17, 15) is 0 Å². The lowest BCUT2D eigenvalue weighted by atomic mass is 10.3. The fraction of sp³-hybridized carbons (Fsp3) is 0.125. The molecule has 0 unspecified atom stereocenters. The second-order valence-corrected chi connectivity index (χ2v) is 2.64. The Labute approximate surface area is 69.5 Å². The lowest BCUT2D eigenvalue weighted by molar-refractivity contribution is 1.19. The van der Waals surface area contributed by atoms with Crippen molar-refractivity contribution in [3.05, 3.63) is 24.2 Å². The Morgan fingerprint density at radius 1 is 1.25 bits per heavy atom. The third-order valence-corrected chi connectivity index (χ3v) is 1.64. The Hall–Kier alpha value is -1.71. The highest BCUT2D eigenvalue weighted by Crippen LogP contribution is 2.13. The number of anilines is 1. The van der Waals surface area contributed by atoms with Crippen molar-refractivity contribution in [2.75, 3.05) is 5.73 Å². The van der Waals surface area contributed by atoms with Crippen molar-refractivity contribution in [2.24, 2.45) is 0 Å². The molecule has 0 aliphatic heterocycles. The Bertz CT molecular complexity index is 424. The van der Waals surface area contributed by atoms with Crippen LogP contribution in [0.25, 0.3) is 11.0 Å². The SMILES string of the molecule is Cc1cnc2c(N)ncnc2c1. The maximum atomic E-state index is 5.59. The van der Waals surface area contributed by atoms with Crippen molar-refractivity contribution in [3.8, 4) is 0 Å². The monoisotopic (exact) mass is 160 g/mol. The topological polar surface area (TPSA) is 64.7 Å². The van der Waals surface area contributed by atoms with Gasteiger partial charge in [0.25, 0.3) is 0 Å². The molecule has 2 heterocycles. The van der Waals surface area contributed by atoms with Crippen LogP contribution in [0.4, 0.5) is 5.82 Å². The first-order valence-electron chi connectivity index (χ1n) is 3.60. The molecule has 0 aliphatic carbocycles. The molecular formula is C8H8N4. The third-order valence-electron chi connectivity index (χ3n) is 1.64. The van der Waals surface area contributed by atoms with Crippen LogP contribution in [0, 0.1) is 6.92 Å². The van der Waals surface area contributed by atoms with Gasteiger partial charge >= 0.3 is 0 Å². The normalized spacial score (nSPS) is 10.4. The van der Waals surface area contributed by atoms with Crippen LogP contribution in [0.2, 0.25) is 0 Å². The molecule has 2 N–H and O–H groups in total. The largest absolute Gasteiger partial charge is 0.382 e. The molecule has 0 saturated heterocycles. The number of hydrogen-bond donors (Lipinski definition) is 1. The standard InChI is InChI=1S/C8H8N4/c1-5-2-6-7(10-3-5)8(9)12-4-11-6/h2-4H,1H3,(H2,9,11,12). The lowest BCUT2D eigenvalue weighted by Crippen LogP contribution is -1.95. The number of hydrogen-bond acceptors (Lipinski definition) is 4. The molecule has 0 aromatic carbocycles. The van der Waals surface area contributed by atoms with Crippen molar-refractivity contribution in [1.29, 1.82) is 0 Å². The Balaban J connectivity index is 2.86. The van der Waals surface area contributed by atoms with Crippen LogP contribution in [-0.4, -0.2) is 15.0 Å². The molecule has 2 rings (SSSR count). The van der Waals surface area contributed by atoms with Gasteiger partial charge in [-0.05, 0) is 18.6 Å². The summed E-state index contributed by atoms with van der Waals surface area (Å²) in [7, 11) is 0. The van der Waals surface area contributed by atoms with Gasteiger partial charge in [-0.15, -0.1) is 0 Å². The van der Waals surface area contributed by atoms with Gasteiger partial charge in [0.1, 0.15) is 11.8 Å². The van der Waals surface area contributed by atoms with Crippen molar-refractivity contribution in [1.82, 2.24) is 15.0 Å². The van der Waals surface area contributed by atoms with Crippen molar-refractivity contribution in [2.45, 2.75) is 6.92 Å². The predicted molar refractivity (Wildman–Crippen MR) is 46.5 cm³/mol. The molecule has 2 aromatic heterocycles. The quantitative estimate of drug-likeness (QED) is 0.622. The van der Waals surface area contributed by atoms with Gasteiger partial charge in [0.05, 0.1) is 5.52 Å². The number of aromatic nitrogens is 3. The molecule has 0 aliphatic rings. The number of fused-ring (bicyclic) bond motifs is 1. The average Bonchev–Trinajstić information content (AvgIpc) is 2.04. The number of pyridine rings is 1. The first-order chi connectivity index (χ1) is 5.77.